The van der Waals surface area contributed by atoms with Crippen LogP contribution in [0.2, 0.25) is 0 Å². The summed E-state index contributed by atoms with van der Waals surface area (Å²) >= 11 is 0. The first-order chi connectivity index (χ1) is 14.1. The molecule has 5 nitrogen and oxygen atoms in total. The van der Waals surface area contributed by atoms with Crippen LogP contribution in [0.5, 0.6) is 11.5 Å². The molecule has 29 heavy (non-hydrogen) atoms. The van der Waals surface area contributed by atoms with Gasteiger partial charge < -0.3 is 14.8 Å². The van der Waals surface area contributed by atoms with E-state index in [2.05, 4.69) is 22.3 Å². The summed E-state index contributed by atoms with van der Waals surface area (Å²) in [5.74, 6) is 2.45. The molecule has 0 aromatic heterocycles. The fourth-order valence-electron chi connectivity index (χ4n) is 3.92. The van der Waals surface area contributed by atoms with Crippen molar-refractivity contribution in [3.8, 4) is 11.5 Å². The van der Waals surface area contributed by atoms with Crippen molar-refractivity contribution in [2.24, 2.45) is 5.92 Å². The standard InChI is InChI=1S/C24H32N2O3/c1-18-6-4-5-7-23(18)25-24(27)17-26-12-10-19(11-13-26)8-9-20-14-21(28-2)16-22(15-20)29-3/h4-7,14-16,19H,8-13,17H2,1-3H3,(H,25,27). The number of aryl methyl sites for hydroxylation is 2. The Morgan fingerprint density at radius 1 is 1.07 bits per heavy atom. The van der Waals surface area contributed by atoms with Crippen molar-refractivity contribution in [2.75, 3.05) is 39.2 Å². The average molecular weight is 397 g/mol. The second kappa shape index (κ2) is 10.3. The van der Waals surface area contributed by atoms with Crippen LogP contribution < -0.4 is 14.8 Å². The molecule has 0 aliphatic carbocycles. The molecule has 1 saturated heterocycles. The van der Waals surface area contributed by atoms with Gasteiger partial charge in [0.05, 0.1) is 20.8 Å². The first kappa shape index (κ1) is 21.2. The molecule has 1 aliphatic rings. The van der Waals surface area contributed by atoms with Gasteiger partial charge in [-0.2, -0.15) is 0 Å². The Morgan fingerprint density at radius 3 is 2.34 bits per heavy atom. The Labute approximate surface area is 174 Å². The summed E-state index contributed by atoms with van der Waals surface area (Å²) in [7, 11) is 3.37. The molecule has 1 amide bonds. The zero-order chi connectivity index (χ0) is 20.6. The van der Waals surface area contributed by atoms with Gasteiger partial charge in [0.1, 0.15) is 11.5 Å². The van der Waals surface area contributed by atoms with Gasteiger partial charge in [-0.1, -0.05) is 18.2 Å². The number of amides is 1. The smallest absolute Gasteiger partial charge is 0.238 e. The lowest BCUT2D eigenvalue weighted by Gasteiger charge is -2.31. The number of carbonyl (C=O) groups excluding carboxylic acids is 1. The summed E-state index contributed by atoms with van der Waals surface area (Å²) in [4.78, 5) is 14.6. The fourth-order valence-corrected chi connectivity index (χ4v) is 3.92. The second-order valence-electron chi connectivity index (χ2n) is 7.84. The number of ether oxygens (including phenoxy) is 2. The molecule has 2 aromatic rings. The number of methoxy groups -OCH3 is 2. The molecular weight excluding hydrogens is 364 g/mol. The third kappa shape index (κ3) is 6.23. The van der Waals surface area contributed by atoms with Crippen molar-refractivity contribution in [1.82, 2.24) is 4.90 Å². The molecule has 1 N–H and O–H groups in total. The zero-order valence-electron chi connectivity index (χ0n) is 17.7. The third-order valence-corrected chi connectivity index (χ3v) is 5.75. The maximum atomic E-state index is 12.4. The molecule has 1 aliphatic heterocycles. The number of benzene rings is 2. The normalized spacial score (nSPS) is 15.1. The Morgan fingerprint density at radius 2 is 1.72 bits per heavy atom. The lowest BCUT2D eigenvalue weighted by Crippen LogP contribution is -2.39. The predicted molar refractivity (Wildman–Crippen MR) is 117 cm³/mol. The van der Waals surface area contributed by atoms with Crippen molar-refractivity contribution in [2.45, 2.75) is 32.6 Å². The van der Waals surface area contributed by atoms with Crippen LogP contribution in [-0.4, -0.2) is 44.7 Å². The van der Waals surface area contributed by atoms with Crippen LogP contribution in [-0.2, 0) is 11.2 Å². The molecule has 0 radical (unpaired) electrons. The number of likely N-dealkylation sites (tertiary alicyclic amines) is 1. The summed E-state index contributed by atoms with van der Waals surface area (Å²) in [6, 6.07) is 14.0. The van der Waals surface area contributed by atoms with Crippen LogP contribution in [0.1, 0.15) is 30.4 Å². The van der Waals surface area contributed by atoms with Crippen LogP contribution in [0.4, 0.5) is 5.69 Å². The van der Waals surface area contributed by atoms with Gasteiger partial charge in [0.15, 0.2) is 0 Å². The average Bonchev–Trinajstić information content (AvgIpc) is 2.74. The van der Waals surface area contributed by atoms with E-state index in [0.29, 0.717) is 12.5 Å². The van der Waals surface area contributed by atoms with Crippen LogP contribution >= 0.6 is 0 Å². The summed E-state index contributed by atoms with van der Waals surface area (Å²) in [6.07, 6.45) is 4.45. The lowest BCUT2D eigenvalue weighted by atomic mass is 9.90. The van der Waals surface area contributed by atoms with Crippen molar-refractivity contribution in [1.29, 1.82) is 0 Å². The monoisotopic (exact) mass is 396 g/mol. The lowest BCUT2D eigenvalue weighted by molar-refractivity contribution is -0.117. The quantitative estimate of drug-likeness (QED) is 0.723. The van der Waals surface area contributed by atoms with E-state index < -0.39 is 0 Å². The van der Waals surface area contributed by atoms with E-state index in [0.717, 1.165) is 61.5 Å². The highest BCUT2D eigenvalue weighted by Gasteiger charge is 2.21. The number of nitrogens with one attached hydrogen (secondary N) is 1. The zero-order valence-corrected chi connectivity index (χ0v) is 17.7. The number of carbonyl (C=O) groups is 1. The minimum Gasteiger partial charge on any atom is -0.497 e. The summed E-state index contributed by atoms with van der Waals surface area (Å²) in [5, 5.41) is 3.03. The molecule has 3 rings (SSSR count). The molecule has 0 spiro atoms. The number of rotatable bonds is 8. The van der Waals surface area contributed by atoms with Crippen LogP contribution in [0.25, 0.3) is 0 Å². The Hall–Kier alpha value is -2.53. The molecule has 1 heterocycles. The molecule has 156 valence electrons. The number of nitrogens with zero attached hydrogens (tertiary/aromatic N) is 1. The second-order valence-corrected chi connectivity index (χ2v) is 7.84. The SMILES string of the molecule is COc1cc(CCC2CCN(CC(=O)Nc3ccccc3C)CC2)cc(OC)c1. The Balaban J connectivity index is 1.42. The van der Waals surface area contributed by atoms with Gasteiger partial charge in [-0.05, 0) is 80.9 Å². The van der Waals surface area contributed by atoms with E-state index in [9.17, 15) is 4.79 Å². The van der Waals surface area contributed by atoms with Crippen molar-refractivity contribution in [3.63, 3.8) is 0 Å². The summed E-state index contributed by atoms with van der Waals surface area (Å²) < 4.78 is 10.7. The van der Waals surface area contributed by atoms with E-state index in [4.69, 9.17) is 9.47 Å². The Kier molecular flexibility index (Phi) is 7.53. The van der Waals surface area contributed by atoms with Crippen molar-refractivity contribution < 1.29 is 14.3 Å². The van der Waals surface area contributed by atoms with Gasteiger partial charge in [0.2, 0.25) is 5.91 Å². The third-order valence-electron chi connectivity index (χ3n) is 5.75. The van der Waals surface area contributed by atoms with Gasteiger partial charge in [-0.3, -0.25) is 9.69 Å². The highest BCUT2D eigenvalue weighted by molar-refractivity contribution is 5.92. The number of hydrogen-bond donors (Lipinski definition) is 1. The highest BCUT2D eigenvalue weighted by Crippen LogP contribution is 2.27. The molecule has 0 unspecified atom stereocenters. The fraction of sp³-hybridized carbons (Fsp3) is 0.458. The minimum absolute atomic E-state index is 0.0706. The predicted octanol–water partition coefficient (Wildman–Crippen LogP) is 4.30. The van der Waals surface area contributed by atoms with Gasteiger partial charge in [0.25, 0.3) is 0 Å². The molecule has 5 heteroatoms. The van der Waals surface area contributed by atoms with Crippen LogP contribution in [0.15, 0.2) is 42.5 Å². The van der Waals surface area contributed by atoms with E-state index in [1.165, 1.54) is 5.56 Å². The summed E-state index contributed by atoms with van der Waals surface area (Å²) in [5.41, 5.74) is 3.25. The number of para-hydroxylation sites is 1. The first-order valence-corrected chi connectivity index (χ1v) is 10.4. The first-order valence-electron chi connectivity index (χ1n) is 10.4. The minimum atomic E-state index is 0.0706. The maximum absolute atomic E-state index is 12.4. The van der Waals surface area contributed by atoms with E-state index in [1.807, 2.05) is 37.3 Å². The largest absolute Gasteiger partial charge is 0.497 e. The maximum Gasteiger partial charge on any atom is 0.238 e. The number of piperidine rings is 1. The van der Waals surface area contributed by atoms with Crippen molar-refractivity contribution in [3.05, 3.63) is 53.6 Å². The Bertz CT molecular complexity index is 791. The van der Waals surface area contributed by atoms with Gasteiger partial charge >= 0.3 is 0 Å². The van der Waals surface area contributed by atoms with Crippen LogP contribution in [0.3, 0.4) is 0 Å². The topological polar surface area (TPSA) is 50.8 Å². The number of hydrogen-bond acceptors (Lipinski definition) is 4. The molecule has 0 saturated carbocycles. The highest BCUT2D eigenvalue weighted by atomic mass is 16.5. The molecule has 2 aromatic carbocycles. The molecule has 0 bridgehead atoms. The van der Waals surface area contributed by atoms with Gasteiger partial charge in [-0.25, -0.2) is 0 Å². The van der Waals surface area contributed by atoms with Gasteiger partial charge in [-0.15, -0.1) is 0 Å². The van der Waals surface area contributed by atoms with Crippen LogP contribution in [0, 0.1) is 12.8 Å². The molecule has 1 fully saturated rings. The van der Waals surface area contributed by atoms with E-state index in [1.54, 1.807) is 14.2 Å². The summed E-state index contributed by atoms with van der Waals surface area (Å²) in [6.45, 7) is 4.44. The molecule has 0 atom stereocenters. The van der Waals surface area contributed by atoms with E-state index >= 15 is 0 Å². The van der Waals surface area contributed by atoms with Gasteiger partial charge in [0, 0.05) is 11.8 Å². The van der Waals surface area contributed by atoms with E-state index in [-0.39, 0.29) is 5.91 Å². The molecular formula is C24H32N2O3. The number of anilines is 1. The van der Waals surface area contributed by atoms with Crippen molar-refractivity contribution >= 4 is 11.6 Å².